The van der Waals surface area contributed by atoms with E-state index in [-0.39, 0.29) is 18.8 Å². The van der Waals surface area contributed by atoms with Crippen molar-refractivity contribution in [2.75, 3.05) is 44.6 Å². The second kappa shape index (κ2) is 6.91. The number of nitro groups is 1. The minimum atomic E-state index is -0.701. The number of para-hydroxylation sites is 1. The summed E-state index contributed by atoms with van der Waals surface area (Å²) in [5, 5.41) is 23.6. The standard InChI is InChI=1S/C12H19N3O4/c1-13-10-5-4-6-11(12(10)15(17)18)14(2)7-9(16)8-19-3/h4-6,9,13,16H,7-8H2,1-3H3. The first kappa shape index (κ1) is 15.2. The van der Waals surface area contributed by atoms with Crippen molar-refractivity contribution in [3.05, 3.63) is 28.3 Å². The van der Waals surface area contributed by atoms with Gasteiger partial charge in [-0.15, -0.1) is 0 Å². The summed E-state index contributed by atoms with van der Waals surface area (Å²) in [6, 6.07) is 5.02. The number of anilines is 2. The van der Waals surface area contributed by atoms with Crippen LogP contribution in [0.4, 0.5) is 17.1 Å². The number of nitrogens with zero attached hydrogens (tertiary/aromatic N) is 2. The maximum absolute atomic E-state index is 11.2. The summed E-state index contributed by atoms with van der Waals surface area (Å²) in [5.41, 5.74) is 0.889. The molecule has 0 amide bonds. The highest BCUT2D eigenvalue weighted by Gasteiger charge is 2.22. The van der Waals surface area contributed by atoms with Crippen LogP contribution in [0.5, 0.6) is 0 Å². The van der Waals surface area contributed by atoms with Crippen LogP contribution in [0.1, 0.15) is 0 Å². The molecule has 0 aliphatic rings. The van der Waals surface area contributed by atoms with E-state index in [0.717, 1.165) is 0 Å². The fourth-order valence-electron chi connectivity index (χ4n) is 1.89. The van der Waals surface area contributed by atoms with E-state index in [0.29, 0.717) is 11.4 Å². The summed E-state index contributed by atoms with van der Waals surface area (Å²) in [6.07, 6.45) is -0.701. The molecule has 2 N–H and O–H groups in total. The quantitative estimate of drug-likeness (QED) is 0.569. The first-order valence-electron chi connectivity index (χ1n) is 5.84. The van der Waals surface area contributed by atoms with Crippen molar-refractivity contribution in [2.24, 2.45) is 0 Å². The van der Waals surface area contributed by atoms with Gasteiger partial charge in [0.2, 0.25) is 0 Å². The van der Waals surface area contributed by atoms with Gasteiger partial charge in [0.25, 0.3) is 0 Å². The van der Waals surface area contributed by atoms with Crippen LogP contribution in [0, 0.1) is 10.1 Å². The molecule has 1 unspecified atom stereocenters. The van der Waals surface area contributed by atoms with Gasteiger partial charge in [0.05, 0.1) is 17.6 Å². The Morgan fingerprint density at radius 1 is 1.58 bits per heavy atom. The lowest BCUT2D eigenvalue weighted by atomic mass is 10.2. The van der Waals surface area contributed by atoms with Crippen molar-refractivity contribution >= 4 is 17.1 Å². The summed E-state index contributed by atoms with van der Waals surface area (Å²) in [7, 11) is 4.82. The normalized spacial score (nSPS) is 12.0. The number of aliphatic hydroxyl groups is 1. The predicted molar refractivity (Wildman–Crippen MR) is 73.8 cm³/mol. The Bertz CT molecular complexity index is 439. The number of hydrogen-bond acceptors (Lipinski definition) is 6. The second-order valence-electron chi connectivity index (χ2n) is 4.17. The lowest BCUT2D eigenvalue weighted by Crippen LogP contribution is -2.32. The predicted octanol–water partition coefficient (Wildman–Crippen LogP) is 1.08. The highest BCUT2D eigenvalue weighted by atomic mass is 16.6. The van der Waals surface area contributed by atoms with E-state index < -0.39 is 11.0 Å². The molecule has 0 aliphatic heterocycles. The van der Waals surface area contributed by atoms with Crippen LogP contribution in [0.3, 0.4) is 0 Å². The summed E-state index contributed by atoms with van der Waals surface area (Å²) in [5.74, 6) is 0. The highest BCUT2D eigenvalue weighted by Crippen LogP contribution is 2.34. The Hall–Kier alpha value is -1.86. The Morgan fingerprint density at radius 3 is 2.79 bits per heavy atom. The first-order chi connectivity index (χ1) is 9.01. The third kappa shape index (κ3) is 3.80. The zero-order valence-corrected chi connectivity index (χ0v) is 11.3. The average Bonchev–Trinajstić information content (AvgIpc) is 2.37. The van der Waals surface area contributed by atoms with E-state index in [1.54, 1.807) is 37.2 Å². The molecule has 0 saturated carbocycles. The lowest BCUT2D eigenvalue weighted by Gasteiger charge is -2.22. The SMILES string of the molecule is CNc1cccc(N(C)CC(O)COC)c1[N+](=O)[O-]. The maximum Gasteiger partial charge on any atom is 0.315 e. The van der Waals surface area contributed by atoms with E-state index in [1.165, 1.54) is 7.11 Å². The molecule has 0 saturated heterocycles. The number of ether oxygens (including phenoxy) is 1. The number of likely N-dealkylation sites (N-methyl/N-ethyl adjacent to an activating group) is 1. The Labute approximate surface area is 111 Å². The maximum atomic E-state index is 11.2. The fraction of sp³-hybridized carbons (Fsp3) is 0.500. The molecule has 0 bridgehead atoms. The second-order valence-corrected chi connectivity index (χ2v) is 4.17. The topological polar surface area (TPSA) is 87.9 Å². The third-order valence-electron chi connectivity index (χ3n) is 2.72. The van der Waals surface area contributed by atoms with Gasteiger partial charge in [-0.05, 0) is 12.1 Å². The fourth-order valence-corrected chi connectivity index (χ4v) is 1.89. The Morgan fingerprint density at radius 2 is 2.26 bits per heavy atom. The molecule has 0 radical (unpaired) electrons. The molecule has 1 rings (SSSR count). The molecule has 0 spiro atoms. The van der Waals surface area contributed by atoms with Crippen LogP contribution in [-0.2, 0) is 4.74 Å². The van der Waals surface area contributed by atoms with Crippen LogP contribution in [-0.4, -0.2) is 50.5 Å². The molecular formula is C12H19N3O4. The number of methoxy groups -OCH3 is 1. The summed E-state index contributed by atoms with van der Waals surface area (Å²) >= 11 is 0. The highest BCUT2D eigenvalue weighted by molar-refractivity contribution is 5.76. The zero-order chi connectivity index (χ0) is 14.4. The van der Waals surface area contributed by atoms with Crippen LogP contribution < -0.4 is 10.2 Å². The van der Waals surface area contributed by atoms with Gasteiger partial charge in [-0.3, -0.25) is 10.1 Å². The number of aliphatic hydroxyl groups excluding tert-OH is 1. The summed E-state index contributed by atoms with van der Waals surface area (Å²) in [4.78, 5) is 12.4. The van der Waals surface area contributed by atoms with Crippen LogP contribution in [0.25, 0.3) is 0 Å². The molecule has 19 heavy (non-hydrogen) atoms. The number of nitro benzene ring substituents is 1. The summed E-state index contributed by atoms with van der Waals surface area (Å²) in [6.45, 7) is 0.436. The van der Waals surface area contributed by atoms with E-state index in [4.69, 9.17) is 4.74 Å². The molecule has 0 aromatic heterocycles. The minimum absolute atomic E-state index is 0.00267. The molecule has 0 fully saturated rings. The van der Waals surface area contributed by atoms with Gasteiger partial charge >= 0.3 is 5.69 Å². The minimum Gasteiger partial charge on any atom is -0.389 e. The Kier molecular flexibility index (Phi) is 5.53. The number of benzene rings is 1. The van der Waals surface area contributed by atoms with E-state index in [2.05, 4.69) is 5.32 Å². The molecule has 1 atom stereocenters. The van der Waals surface area contributed by atoms with Gasteiger partial charge in [-0.1, -0.05) is 6.07 Å². The van der Waals surface area contributed by atoms with Gasteiger partial charge in [0.15, 0.2) is 0 Å². The van der Waals surface area contributed by atoms with Gasteiger partial charge in [-0.25, -0.2) is 0 Å². The Balaban J connectivity index is 3.02. The molecule has 1 aromatic carbocycles. The van der Waals surface area contributed by atoms with Crippen LogP contribution in [0.2, 0.25) is 0 Å². The molecule has 0 heterocycles. The molecule has 1 aromatic rings. The third-order valence-corrected chi connectivity index (χ3v) is 2.72. The number of hydrogen-bond donors (Lipinski definition) is 2. The van der Waals surface area contributed by atoms with Crippen LogP contribution in [0.15, 0.2) is 18.2 Å². The first-order valence-corrected chi connectivity index (χ1v) is 5.84. The zero-order valence-electron chi connectivity index (χ0n) is 11.3. The van der Waals surface area contributed by atoms with E-state index in [9.17, 15) is 15.2 Å². The monoisotopic (exact) mass is 269 g/mol. The molecule has 106 valence electrons. The smallest absolute Gasteiger partial charge is 0.315 e. The van der Waals surface area contributed by atoms with Gasteiger partial charge in [-0.2, -0.15) is 0 Å². The van der Waals surface area contributed by atoms with Crippen molar-refractivity contribution in [1.29, 1.82) is 0 Å². The molecule has 0 aliphatic carbocycles. The van der Waals surface area contributed by atoms with Crippen molar-refractivity contribution in [3.8, 4) is 0 Å². The van der Waals surface area contributed by atoms with E-state index in [1.807, 2.05) is 0 Å². The van der Waals surface area contributed by atoms with Gasteiger partial charge < -0.3 is 20.1 Å². The molecule has 7 nitrogen and oxygen atoms in total. The van der Waals surface area contributed by atoms with Crippen molar-refractivity contribution in [3.63, 3.8) is 0 Å². The van der Waals surface area contributed by atoms with Crippen LogP contribution >= 0.6 is 0 Å². The lowest BCUT2D eigenvalue weighted by molar-refractivity contribution is -0.383. The average molecular weight is 269 g/mol. The van der Waals surface area contributed by atoms with Gasteiger partial charge in [0.1, 0.15) is 11.4 Å². The molecular weight excluding hydrogens is 250 g/mol. The van der Waals surface area contributed by atoms with Gasteiger partial charge in [0, 0.05) is 27.7 Å². The van der Waals surface area contributed by atoms with Crippen molar-refractivity contribution in [2.45, 2.75) is 6.10 Å². The van der Waals surface area contributed by atoms with E-state index >= 15 is 0 Å². The molecule has 7 heteroatoms. The largest absolute Gasteiger partial charge is 0.389 e. The summed E-state index contributed by atoms with van der Waals surface area (Å²) < 4.78 is 4.84. The number of nitrogens with one attached hydrogen (secondary N) is 1. The van der Waals surface area contributed by atoms with Crippen molar-refractivity contribution in [1.82, 2.24) is 0 Å². The number of rotatable bonds is 7. The van der Waals surface area contributed by atoms with Crippen molar-refractivity contribution < 1.29 is 14.8 Å².